The third kappa shape index (κ3) is 44.0. The maximum absolute atomic E-state index is 12.8. The molecule has 0 N–H and O–H groups in total. The summed E-state index contributed by atoms with van der Waals surface area (Å²) in [5.41, 5.74) is 0. The Balaban J connectivity index is 4.32. The number of carboxylic acids is 1. The number of rotatable bonds is 46. The van der Waals surface area contributed by atoms with Crippen LogP contribution in [0, 0.1) is 0 Å². The van der Waals surface area contributed by atoms with Crippen molar-refractivity contribution in [2.45, 2.75) is 225 Å². The van der Waals surface area contributed by atoms with Gasteiger partial charge in [0.2, 0.25) is 0 Å². The summed E-state index contributed by atoms with van der Waals surface area (Å²) in [7, 11) is 5.40. The van der Waals surface area contributed by atoms with Crippen LogP contribution in [0.1, 0.15) is 213 Å². The Morgan fingerprint density at radius 2 is 0.891 bits per heavy atom. The van der Waals surface area contributed by atoms with Crippen molar-refractivity contribution in [3.8, 4) is 0 Å². The van der Waals surface area contributed by atoms with Gasteiger partial charge in [0.15, 0.2) is 6.10 Å². The first kappa shape index (κ1) is 60.8. The van der Waals surface area contributed by atoms with Gasteiger partial charge >= 0.3 is 11.9 Å². The SMILES string of the molecule is CCCCC/C=C/C=C/C=C/C=C/CCCCCCCC(=O)OCC(COCCC(C(=O)[O-])[N+](C)(C)C)OC(=O)CCCCCCCCC/C=C/C/C=C/CCCCCCCCCC. The fourth-order valence-electron chi connectivity index (χ4n) is 7.35. The van der Waals surface area contributed by atoms with E-state index in [0.717, 1.165) is 83.5 Å². The van der Waals surface area contributed by atoms with Gasteiger partial charge in [-0.15, -0.1) is 0 Å². The second-order valence-electron chi connectivity index (χ2n) is 18.5. The van der Waals surface area contributed by atoms with E-state index in [0.29, 0.717) is 12.8 Å². The van der Waals surface area contributed by atoms with Crippen molar-refractivity contribution in [2.24, 2.45) is 0 Å². The lowest BCUT2D eigenvalue weighted by Gasteiger charge is -2.34. The molecule has 0 bridgehead atoms. The number of carbonyl (C=O) groups excluding carboxylic acids is 3. The highest BCUT2D eigenvalue weighted by Crippen LogP contribution is 2.14. The van der Waals surface area contributed by atoms with Crippen LogP contribution in [0.5, 0.6) is 0 Å². The van der Waals surface area contributed by atoms with Gasteiger partial charge in [-0.2, -0.15) is 0 Å². The zero-order chi connectivity index (χ0) is 47.0. The summed E-state index contributed by atoms with van der Waals surface area (Å²) in [6.07, 6.45) is 59.3. The summed E-state index contributed by atoms with van der Waals surface area (Å²) < 4.78 is 17.2. The number of hydrogen-bond acceptors (Lipinski definition) is 7. The second kappa shape index (κ2) is 46.3. The minimum absolute atomic E-state index is 0.0264. The molecule has 0 aromatic rings. The van der Waals surface area contributed by atoms with Crippen LogP contribution in [0.2, 0.25) is 0 Å². The molecule has 368 valence electrons. The molecule has 0 rings (SSSR count). The molecule has 2 atom stereocenters. The number of esters is 2. The van der Waals surface area contributed by atoms with Crippen molar-refractivity contribution in [1.29, 1.82) is 0 Å². The number of carboxylic acid groups (broad SMARTS) is 1. The topological polar surface area (TPSA) is 102 Å². The summed E-state index contributed by atoms with van der Waals surface area (Å²) in [5.74, 6) is -1.78. The van der Waals surface area contributed by atoms with E-state index in [9.17, 15) is 19.5 Å². The van der Waals surface area contributed by atoms with E-state index in [4.69, 9.17) is 14.2 Å². The molecule has 0 aromatic carbocycles. The van der Waals surface area contributed by atoms with Crippen LogP contribution in [0.25, 0.3) is 0 Å². The lowest BCUT2D eigenvalue weighted by Crippen LogP contribution is -2.55. The van der Waals surface area contributed by atoms with Crippen LogP contribution in [0.4, 0.5) is 0 Å². The van der Waals surface area contributed by atoms with Gasteiger partial charge in [0.05, 0.1) is 40.3 Å². The highest BCUT2D eigenvalue weighted by molar-refractivity contribution is 5.70. The van der Waals surface area contributed by atoms with Crippen LogP contribution in [-0.4, -0.2) is 75.5 Å². The van der Waals surface area contributed by atoms with Gasteiger partial charge in [0.1, 0.15) is 12.6 Å². The molecule has 0 aliphatic carbocycles. The molecule has 8 heteroatoms. The molecule has 0 aliphatic rings. The van der Waals surface area contributed by atoms with E-state index in [1.807, 2.05) is 0 Å². The lowest BCUT2D eigenvalue weighted by molar-refractivity contribution is -0.889. The first-order valence-electron chi connectivity index (χ1n) is 26.0. The Morgan fingerprint density at radius 3 is 1.38 bits per heavy atom. The molecule has 0 aromatic heterocycles. The van der Waals surface area contributed by atoms with Crippen molar-refractivity contribution in [3.63, 3.8) is 0 Å². The zero-order valence-corrected chi connectivity index (χ0v) is 41.9. The summed E-state index contributed by atoms with van der Waals surface area (Å²) in [6, 6.07) is -0.735. The normalized spacial score (nSPS) is 13.5. The Labute approximate surface area is 393 Å². The Bertz CT molecular complexity index is 1270. The summed E-state index contributed by atoms with van der Waals surface area (Å²) in [5, 5.41) is 11.7. The van der Waals surface area contributed by atoms with E-state index < -0.39 is 18.1 Å². The predicted octanol–water partition coefficient (Wildman–Crippen LogP) is 13.8. The zero-order valence-electron chi connectivity index (χ0n) is 41.9. The van der Waals surface area contributed by atoms with E-state index in [2.05, 4.69) is 86.8 Å². The van der Waals surface area contributed by atoms with Crippen molar-refractivity contribution >= 4 is 17.9 Å². The van der Waals surface area contributed by atoms with Gasteiger partial charge in [-0.1, -0.05) is 196 Å². The van der Waals surface area contributed by atoms with E-state index >= 15 is 0 Å². The summed E-state index contributed by atoms with van der Waals surface area (Å²) >= 11 is 0. The average Bonchev–Trinajstić information content (AvgIpc) is 3.26. The van der Waals surface area contributed by atoms with Gasteiger partial charge in [-0.3, -0.25) is 9.59 Å². The Morgan fingerprint density at radius 1 is 0.484 bits per heavy atom. The maximum atomic E-state index is 12.8. The monoisotopic (exact) mass is 896 g/mol. The molecule has 0 radical (unpaired) electrons. The number of hydrogen-bond donors (Lipinski definition) is 0. The number of allylic oxidation sites excluding steroid dienone is 12. The lowest BCUT2D eigenvalue weighted by atomic mass is 10.1. The third-order valence-corrected chi connectivity index (χ3v) is 11.4. The molecule has 2 unspecified atom stereocenters. The van der Waals surface area contributed by atoms with Crippen LogP contribution in [0.15, 0.2) is 72.9 Å². The van der Waals surface area contributed by atoms with Crippen molar-refractivity contribution in [2.75, 3.05) is 41.0 Å². The first-order chi connectivity index (χ1) is 31.1. The number of aliphatic carboxylic acids is 1. The number of likely N-dealkylation sites (N-methyl/N-ethyl adjacent to an activating group) is 1. The fraction of sp³-hybridized carbons (Fsp3) is 0.732. The highest BCUT2D eigenvalue weighted by Gasteiger charge is 2.25. The van der Waals surface area contributed by atoms with Crippen molar-refractivity contribution in [1.82, 2.24) is 0 Å². The minimum atomic E-state index is -1.13. The van der Waals surface area contributed by atoms with Crippen molar-refractivity contribution in [3.05, 3.63) is 72.9 Å². The van der Waals surface area contributed by atoms with Gasteiger partial charge in [-0.05, 0) is 70.6 Å². The molecular weight excluding hydrogens is 799 g/mol. The second-order valence-corrected chi connectivity index (χ2v) is 18.5. The van der Waals surface area contributed by atoms with Gasteiger partial charge in [-0.25, -0.2) is 0 Å². The summed E-state index contributed by atoms with van der Waals surface area (Å²) in [6.45, 7) is 4.60. The van der Waals surface area contributed by atoms with Crippen molar-refractivity contribution < 1.29 is 38.2 Å². The summed E-state index contributed by atoms with van der Waals surface area (Å²) in [4.78, 5) is 37.0. The van der Waals surface area contributed by atoms with Gasteiger partial charge in [0.25, 0.3) is 0 Å². The number of ether oxygens (including phenoxy) is 3. The van der Waals surface area contributed by atoms with E-state index in [-0.39, 0.29) is 42.7 Å². The fourth-order valence-corrected chi connectivity index (χ4v) is 7.35. The molecule has 0 heterocycles. The standard InChI is InChI=1S/C56H97NO7/c1-6-8-10-12-14-16-18-20-22-24-26-27-28-29-31-33-35-37-39-41-43-45-47-55(59)64-52(50-62-49-48-53(56(60)61)57(3,4)5)51-63-54(58)46-44-42-40-38-36-34-32-30-25-23-21-19-17-15-13-11-9-7-2/h15,17,19,21,23-26,28-30,32,52-53H,6-14,16,18,20,22,27,31,33-51H2,1-5H3/b17-15+,21-19+,25-23+,26-24+,29-28+,32-30+. The molecule has 0 fully saturated rings. The Kier molecular flexibility index (Phi) is 44.0. The number of carbonyl (C=O) groups is 3. The highest BCUT2D eigenvalue weighted by atomic mass is 16.6. The van der Waals surface area contributed by atoms with E-state index in [1.54, 1.807) is 21.1 Å². The first-order valence-corrected chi connectivity index (χ1v) is 26.0. The maximum Gasteiger partial charge on any atom is 0.306 e. The molecule has 0 aliphatic heterocycles. The quantitative estimate of drug-likeness (QED) is 0.0197. The number of unbranched alkanes of at least 4 members (excludes halogenated alkanes) is 23. The van der Waals surface area contributed by atoms with E-state index in [1.165, 1.54) is 96.3 Å². The number of quaternary nitrogens is 1. The number of nitrogens with zero attached hydrogens (tertiary/aromatic N) is 1. The molecule has 0 amide bonds. The van der Waals surface area contributed by atoms with Gasteiger partial charge in [0, 0.05) is 19.3 Å². The molecular formula is C56H97NO7. The molecule has 0 spiro atoms. The predicted molar refractivity (Wildman–Crippen MR) is 268 cm³/mol. The van der Waals surface area contributed by atoms with Crippen LogP contribution in [-0.2, 0) is 28.6 Å². The van der Waals surface area contributed by atoms with Gasteiger partial charge < -0.3 is 28.6 Å². The van der Waals surface area contributed by atoms with Crippen LogP contribution >= 0.6 is 0 Å². The molecule has 0 saturated heterocycles. The third-order valence-electron chi connectivity index (χ3n) is 11.4. The average molecular weight is 896 g/mol. The smallest absolute Gasteiger partial charge is 0.306 e. The molecule has 8 nitrogen and oxygen atoms in total. The largest absolute Gasteiger partial charge is 0.544 e. The van der Waals surface area contributed by atoms with Crippen LogP contribution < -0.4 is 5.11 Å². The Hall–Kier alpha value is -3.23. The molecule has 0 saturated carbocycles. The minimum Gasteiger partial charge on any atom is -0.544 e. The van der Waals surface area contributed by atoms with Crippen LogP contribution in [0.3, 0.4) is 0 Å². The molecule has 64 heavy (non-hydrogen) atoms.